The maximum atomic E-state index is 11.5. The first-order chi connectivity index (χ1) is 13.8. The van der Waals surface area contributed by atoms with Crippen LogP contribution in [-0.4, -0.2) is 46.9 Å². The first-order valence-electron chi connectivity index (χ1n) is 9.81. The summed E-state index contributed by atoms with van der Waals surface area (Å²) in [6.45, 7) is 8.78. The van der Waals surface area contributed by atoms with Gasteiger partial charge < -0.3 is 15.4 Å². The number of rotatable bonds is 9. The smallest absolute Gasteiger partial charge is 0.191 e. The molecule has 1 atom stereocenters. The van der Waals surface area contributed by atoms with Crippen molar-refractivity contribution < 1.29 is 13.2 Å². The Morgan fingerprint density at radius 3 is 2.43 bits per heavy atom. The van der Waals surface area contributed by atoms with Crippen LogP contribution >= 0.6 is 24.0 Å². The summed E-state index contributed by atoms with van der Waals surface area (Å²) < 4.78 is 28.6. The lowest BCUT2D eigenvalue weighted by Gasteiger charge is -2.14. The molecule has 30 heavy (non-hydrogen) atoms. The minimum Gasteiger partial charge on any atom is -0.492 e. The van der Waals surface area contributed by atoms with Gasteiger partial charge in [-0.05, 0) is 43.7 Å². The minimum atomic E-state index is -3.19. The SMILES string of the molecule is CCNC(=NCC(C)c1cccc(C)c1)NCCOc1ccc(S(C)(=O)=O)cc1.I. The summed E-state index contributed by atoms with van der Waals surface area (Å²) in [7, 11) is -3.19. The number of halogens is 1. The van der Waals surface area contributed by atoms with Gasteiger partial charge in [0.1, 0.15) is 12.4 Å². The average Bonchev–Trinajstić information content (AvgIpc) is 2.68. The Morgan fingerprint density at radius 2 is 1.83 bits per heavy atom. The molecule has 0 aliphatic carbocycles. The molecule has 0 spiro atoms. The maximum absolute atomic E-state index is 11.5. The van der Waals surface area contributed by atoms with Crippen LogP contribution in [0.15, 0.2) is 58.4 Å². The molecule has 0 heterocycles. The molecule has 0 aliphatic rings. The lowest BCUT2D eigenvalue weighted by atomic mass is 10.00. The Kier molecular flexibility index (Phi) is 11.2. The minimum absolute atomic E-state index is 0. The second-order valence-corrected chi connectivity index (χ2v) is 9.07. The van der Waals surface area contributed by atoms with Gasteiger partial charge in [-0.25, -0.2) is 8.42 Å². The number of nitrogens with zero attached hydrogens (tertiary/aromatic N) is 1. The van der Waals surface area contributed by atoms with Crippen molar-refractivity contribution in [3.8, 4) is 5.75 Å². The molecule has 1 unspecified atom stereocenters. The lowest BCUT2D eigenvalue weighted by molar-refractivity contribution is 0.321. The van der Waals surface area contributed by atoms with Crippen molar-refractivity contribution >= 4 is 39.8 Å². The number of benzene rings is 2. The van der Waals surface area contributed by atoms with Gasteiger partial charge in [-0.15, -0.1) is 24.0 Å². The third-order valence-corrected chi connectivity index (χ3v) is 5.52. The standard InChI is InChI=1S/C22H31N3O3S.HI/c1-5-23-22(25-16-18(3)19-8-6-7-17(2)15-19)24-13-14-28-20-9-11-21(12-10-20)29(4,26)27;/h6-12,15,18H,5,13-14,16H2,1-4H3,(H2,23,24,25);1H. The summed E-state index contributed by atoms with van der Waals surface area (Å²) in [6, 6.07) is 14.9. The van der Waals surface area contributed by atoms with E-state index in [4.69, 9.17) is 4.74 Å². The van der Waals surface area contributed by atoms with Crippen molar-refractivity contribution in [3.05, 3.63) is 59.7 Å². The number of hydrogen-bond donors (Lipinski definition) is 2. The van der Waals surface area contributed by atoms with E-state index in [0.29, 0.717) is 31.4 Å². The normalized spacial score (nSPS) is 12.6. The van der Waals surface area contributed by atoms with Gasteiger partial charge in [-0.2, -0.15) is 0 Å². The van der Waals surface area contributed by atoms with Crippen molar-refractivity contribution in [1.82, 2.24) is 10.6 Å². The van der Waals surface area contributed by atoms with Crippen LogP contribution in [0.5, 0.6) is 5.75 Å². The van der Waals surface area contributed by atoms with Crippen molar-refractivity contribution in [2.24, 2.45) is 4.99 Å². The third kappa shape index (κ3) is 8.91. The second-order valence-electron chi connectivity index (χ2n) is 7.05. The highest BCUT2D eigenvalue weighted by Crippen LogP contribution is 2.17. The Bertz CT molecular complexity index is 915. The zero-order valence-corrected chi connectivity index (χ0v) is 21.2. The van der Waals surface area contributed by atoms with Gasteiger partial charge in [0.05, 0.1) is 11.4 Å². The summed E-state index contributed by atoms with van der Waals surface area (Å²) >= 11 is 0. The summed E-state index contributed by atoms with van der Waals surface area (Å²) in [4.78, 5) is 4.96. The maximum Gasteiger partial charge on any atom is 0.191 e. The van der Waals surface area contributed by atoms with Crippen LogP contribution in [0, 0.1) is 6.92 Å². The molecule has 2 N–H and O–H groups in total. The second kappa shape index (κ2) is 12.8. The van der Waals surface area contributed by atoms with E-state index in [1.807, 2.05) is 6.92 Å². The number of hydrogen-bond acceptors (Lipinski definition) is 4. The van der Waals surface area contributed by atoms with E-state index < -0.39 is 9.84 Å². The molecule has 0 aliphatic heterocycles. The topological polar surface area (TPSA) is 79.8 Å². The average molecular weight is 545 g/mol. The Balaban J connectivity index is 0.00000450. The summed E-state index contributed by atoms with van der Waals surface area (Å²) in [6.07, 6.45) is 1.19. The van der Waals surface area contributed by atoms with Crippen LogP contribution in [0.2, 0.25) is 0 Å². The van der Waals surface area contributed by atoms with Crippen molar-refractivity contribution in [3.63, 3.8) is 0 Å². The molecular formula is C22H32IN3O3S. The molecular weight excluding hydrogens is 513 g/mol. The van der Waals surface area contributed by atoms with Crippen LogP contribution in [-0.2, 0) is 9.84 Å². The first-order valence-corrected chi connectivity index (χ1v) is 11.7. The van der Waals surface area contributed by atoms with Gasteiger partial charge in [-0.3, -0.25) is 4.99 Å². The lowest BCUT2D eigenvalue weighted by Crippen LogP contribution is -2.39. The summed E-state index contributed by atoms with van der Waals surface area (Å²) in [5.74, 6) is 1.72. The summed E-state index contributed by atoms with van der Waals surface area (Å²) in [5.41, 5.74) is 2.54. The first kappa shape index (κ1) is 26.2. The molecule has 0 saturated carbocycles. The van der Waals surface area contributed by atoms with Crippen LogP contribution in [0.3, 0.4) is 0 Å². The Hall–Kier alpha value is -1.81. The quantitative estimate of drug-likeness (QED) is 0.217. The molecule has 0 amide bonds. The zero-order valence-electron chi connectivity index (χ0n) is 18.0. The highest BCUT2D eigenvalue weighted by molar-refractivity contribution is 14.0. The Labute approximate surface area is 197 Å². The van der Waals surface area contributed by atoms with E-state index in [0.717, 1.165) is 12.5 Å². The van der Waals surface area contributed by atoms with Gasteiger partial charge in [0, 0.05) is 25.3 Å². The fraction of sp³-hybridized carbons (Fsp3) is 0.409. The number of nitrogens with one attached hydrogen (secondary N) is 2. The van der Waals surface area contributed by atoms with E-state index in [1.165, 1.54) is 17.4 Å². The highest BCUT2D eigenvalue weighted by atomic mass is 127. The highest BCUT2D eigenvalue weighted by Gasteiger charge is 2.07. The molecule has 8 heteroatoms. The molecule has 0 saturated heterocycles. The fourth-order valence-electron chi connectivity index (χ4n) is 2.77. The number of aryl methyl sites for hydroxylation is 1. The molecule has 0 radical (unpaired) electrons. The zero-order chi connectivity index (χ0) is 21.3. The molecule has 2 aromatic carbocycles. The number of guanidine groups is 1. The van der Waals surface area contributed by atoms with Gasteiger partial charge >= 0.3 is 0 Å². The summed E-state index contributed by atoms with van der Waals surface area (Å²) in [5, 5.41) is 6.50. The van der Waals surface area contributed by atoms with Gasteiger partial charge in [0.25, 0.3) is 0 Å². The predicted molar refractivity (Wildman–Crippen MR) is 134 cm³/mol. The van der Waals surface area contributed by atoms with E-state index >= 15 is 0 Å². The van der Waals surface area contributed by atoms with E-state index in [2.05, 4.69) is 53.7 Å². The number of aliphatic imine (C=N–C) groups is 1. The van der Waals surface area contributed by atoms with Crippen LogP contribution in [0.25, 0.3) is 0 Å². The molecule has 2 rings (SSSR count). The molecule has 166 valence electrons. The van der Waals surface area contributed by atoms with Crippen molar-refractivity contribution in [2.45, 2.75) is 31.6 Å². The van der Waals surface area contributed by atoms with Crippen molar-refractivity contribution in [2.75, 3.05) is 32.5 Å². The van der Waals surface area contributed by atoms with Crippen molar-refractivity contribution in [1.29, 1.82) is 0 Å². The Morgan fingerprint density at radius 1 is 1.13 bits per heavy atom. The monoisotopic (exact) mass is 545 g/mol. The van der Waals surface area contributed by atoms with Gasteiger partial charge in [-0.1, -0.05) is 36.8 Å². The van der Waals surface area contributed by atoms with Gasteiger partial charge in [0.2, 0.25) is 0 Å². The molecule has 0 aromatic heterocycles. The fourth-order valence-corrected chi connectivity index (χ4v) is 3.40. The van der Waals surface area contributed by atoms with Crippen LogP contribution in [0.4, 0.5) is 0 Å². The van der Waals surface area contributed by atoms with E-state index in [9.17, 15) is 8.42 Å². The number of ether oxygens (including phenoxy) is 1. The third-order valence-electron chi connectivity index (χ3n) is 4.39. The van der Waals surface area contributed by atoms with Crippen LogP contribution < -0.4 is 15.4 Å². The molecule has 0 bridgehead atoms. The molecule has 6 nitrogen and oxygen atoms in total. The van der Waals surface area contributed by atoms with E-state index in [-0.39, 0.29) is 28.9 Å². The van der Waals surface area contributed by atoms with E-state index in [1.54, 1.807) is 24.3 Å². The van der Waals surface area contributed by atoms with Crippen LogP contribution in [0.1, 0.15) is 30.9 Å². The van der Waals surface area contributed by atoms with Gasteiger partial charge in [0.15, 0.2) is 15.8 Å². The number of sulfone groups is 1. The molecule has 0 fully saturated rings. The predicted octanol–water partition coefficient (Wildman–Crippen LogP) is 3.75. The molecule has 2 aromatic rings. The largest absolute Gasteiger partial charge is 0.492 e.